The molecule has 0 spiro atoms. The standard InChI is InChI=1S/C29H44FN7O5S/c1-4-21-20-35(5-2)27(28(31)38)26(21)33-29(39)23-18-22(8-9-24(23)42-6-3)43(40,41)37-13-11-32-19-25(37)36-16-14-34(15-17-36)12-7-10-30/h8-9,18,20,25,32H,4-7,10-17,19H2,1-3H3,(H2,31,38)(H,33,39). The Kier molecular flexibility index (Phi) is 11.2. The molecule has 43 heavy (non-hydrogen) atoms. The number of hydrogen-bond donors (Lipinski definition) is 3. The molecule has 0 bridgehead atoms. The summed E-state index contributed by atoms with van der Waals surface area (Å²) in [4.78, 5) is 30.4. The number of piperazine rings is 2. The highest BCUT2D eigenvalue weighted by molar-refractivity contribution is 7.89. The van der Waals surface area contributed by atoms with Gasteiger partial charge in [-0.15, -0.1) is 0 Å². The highest BCUT2D eigenvalue weighted by atomic mass is 32.2. The second-order valence-corrected chi connectivity index (χ2v) is 12.5. The third-order valence-corrected chi connectivity index (χ3v) is 9.95. The van der Waals surface area contributed by atoms with Crippen LogP contribution in [0.4, 0.5) is 10.1 Å². The quantitative estimate of drug-likeness (QED) is 0.307. The van der Waals surface area contributed by atoms with Gasteiger partial charge >= 0.3 is 0 Å². The molecule has 3 heterocycles. The first kappa shape index (κ1) is 32.9. The molecule has 1 aromatic carbocycles. The summed E-state index contributed by atoms with van der Waals surface area (Å²) < 4.78 is 49.8. The van der Waals surface area contributed by atoms with Gasteiger partial charge in [0, 0.05) is 65.1 Å². The van der Waals surface area contributed by atoms with Gasteiger partial charge in [-0.1, -0.05) is 6.92 Å². The fraction of sp³-hybridized carbons (Fsp3) is 0.586. The van der Waals surface area contributed by atoms with Crippen LogP contribution in [-0.2, 0) is 23.0 Å². The van der Waals surface area contributed by atoms with Gasteiger partial charge in [-0.3, -0.25) is 18.9 Å². The van der Waals surface area contributed by atoms with Crippen LogP contribution in [0, 0.1) is 0 Å². The van der Waals surface area contributed by atoms with Crippen LogP contribution in [0.25, 0.3) is 0 Å². The molecular weight excluding hydrogens is 577 g/mol. The molecule has 4 N–H and O–H groups in total. The molecule has 4 rings (SSSR count). The number of nitrogens with two attached hydrogens (primary N) is 1. The van der Waals surface area contributed by atoms with E-state index in [1.54, 1.807) is 17.7 Å². The van der Waals surface area contributed by atoms with E-state index in [1.807, 2.05) is 13.8 Å². The Hall–Kier alpha value is -3.04. The van der Waals surface area contributed by atoms with E-state index < -0.39 is 28.0 Å². The molecule has 1 aromatic heterocycles. The maximum Gasteiger partial charge on any atom is 0.267 e. The minimum atomic E-state index is -4.01. The van der Waals surface area contributed by atoms with Crippen LogP contribution >= 0.6 is 0 Å². The maximum absolute atomic E-state index is 14.1. The summed E-state index contributed by atoms with van der Waals surface area (Å²) in [6.45, 7) is 10.7. The molecule has 0 saturated carbocycles. The SMILES string of the molecule is CCOc1ccc(S(=O)(=O)N2CCNCC2N2CCN(CCCF)CC2)cc1C(=O)Nc1c(CC)cn(CC)c1C(N)=O. The van der Waals surface area contributed by atoms with E-state index in [-0.39, 0.29) is 41.7 Å². The van der Waals surface area contributed by atoms with Crippen molar-refractivity contribution < 1.29 is 27.1 Å². The maximum atomic E-state index is 14.1. The minimum absolute atomic E-state index is 0.0217. The van der Waals surface area contributed by atoms with Crippen molar-refractivity contribution in [1.82, 2.24) is 24.0 Å². The Bertz CT molecular complexity index is 1390. The number of amides is 2. The van der Waals surface area contributed by atoms with Crippen LogP contribution in [0.1, 0.15) is 53.6 Å². The first-order chi connectivity index (χ1) is 20.7. The van der Waals surface area contributed by atoms with Crippen molar-refractivity contribution in [3.05, 3.63) is 41.2 Å². The van der Waals surface area contributed by atoms with Crippen molar-refractivity contribution in [1.29, 1.82) is 0 Å². The van der Waals surface area contributed by atoms with Gasteiger partial charge < -0.3 is 30.6 Å². The summed E-state index contributed by atoms with van der Waals surface area (Å²) in [7, 11) is -4.01. The summed E-state index contributed by atoms with van der Waals surface area (Å²) in [5.41, 5.74) is 6.94. The van der Waals surface area contributed by atoms with Crippen molar-refractivity contribution in [3.63, 3.8) is 0 Å². The Morgan fingerprint density at radius 2 is 1.88 bits per heavy atom. The number of halogens is 1. The summed E-state index contributed by atoms with van der Waals surface area (Å²) >= 11 is 0. The number of rotatable bonds is 13. The molecule has 12 nitrogen and oxygen atoms in total. The molecule has 2 aliphatic heterocycles. The molecule has 0 radical (unpaired) electrons. The van der Waals surface area contributed by atoms with Crippen molar-refractivity contribution in [2.24, 2.45) is 5.73 Å². The van der Waals surface area contributed by atoms with E-state index in [9.17, 15) is 22.4 Å². The van der Waals surface area contributed by atoms with Crippen LogP contribution in [-0.4, -0.2) is 111 Å². The Labute approximate surface area is 253 Å². The fourth-order valence-corrected chi connectivity index (χ4v) is 7.45. The number of nitrogens with zero attached hydrogens (tertiary/aromatic N) is 4. The predicted molar refractivity (Wildman–Crippen MR) is 163 cm³/mol. The third-order valence-electron chi connectivity index (χ3n) is 8.06. The van der Waals surface area contributed by atoms with Crippen LogP contribution in [0.3, 0.4) is 0 Å². The largest absolute Gasteiger partial charge is 0.493 e. The second-order valence-electron chi connectivity index (χ2n) is 10.6. The van der Waals surface area contributed by atoms with E-state index in [1.165, 1.54) is 22.5 Å². The number of hydrogen-bond acceptors (Lipinski definition) is 8. The Balaban J connectivity index is 1.63. The van der Waals surface area contributed by atoms with Gasteiger partial charge in [0.2, 0.25) is 10.0 Å². The number of anilines is 1. The fourth-order valence-electron chi connectivity index (χ4n) is 5.81. The number of primary amides is 1. The average Bonchev–Trinajstić information content (AvgIpc) is 3.38. The molecule has 238 valence electrons. The molecule has 0 aliphatic carbocycles. The first-order valence-corrected chi connectivity index (χ1v) is 16.4. The van der Waals surface area contributed by atoms with Gasteiger partial charge in [0.15, 0.2) is 0 Å². The number of carbonyl (C=O) groups excluding carboxylic acids is 2. The van der Waals surface area contributed by atoms with Gasteiger partial charge in [-0.2, -0.15) is 4.31 Å². The van der Waals surface area contributed by atoms with E-state index in [4.69, 9.17) is 10.5 Å². The topological polar surface area (TPSA) is 142 Å². The second kappa shape index (κ2) is 14.6. The number of benzene rings is 1. The zero-order valence-corrected chi connectivity index (χ0v) is 26.1. The molecule has 14 heteroatoms. The number of nitrogens with one attached hydrogen (secondary N) is 2. The van der Waals surface area contributed by atoms with E-state index >= 15 is 0 Å². The zero-order chi connectivity index (χ0) is 31.1. The van der Waals surface area contributed by atoms with Crippen LogP contribution < -0.4 is 21.1 Å². The molecule has 2 aliphatic rings. The number of aryl methyl sites for hydroxylation is 2. The van der Waals surface area contributed by atoms with E-state index in [0.717, 1.165) is 18.7 Å². The van der Waals surface area contributed by atoms with Crippen molar-refractivity contribution >= 4 is 27.5 Å². The number of alkyl halides is 1. The smallest absolute Gasteiger partial charge is 0.267 e. The lowest BCUT2D eigenvalue weighted by Gasteiger charge is -2.45. The molecule has 1 atom stereocenters. The molecule has 2 saturated heterocycles. The van der Waals surface area contributed by atoms with Crippen LogP contribution in [0.2, 0.25) is 0 Å². The summed E-state index contributed by atoms with van der Waals surface area (Å²) in [6, 6.07) is 4.31. The molecule has 2 amide bonds. The lowest BCUT2D eigenvalue weighted by Crippen LogP contribution is -2.63. The molecule has 2 aromatic rings. The monoisotopic (exact) mass is 621 g/mol. The van der Waals surface area contributed by atoms with Gasteiger partial charge in [-0.05, 0) is 50.5 Å². The Morgan fingerprint density at radius 1 is 1.14 bits per heavy atom. The number of sulfonamides is 1. The summed E-state index contributed by atoms with van der Waals surface area (Å²) in [5.74, 6) is -1.05. The lowest BCUT2D eigenvalue weighted by atomic mass is 10.1. The number of ether oxygens (including phenoxy) is 1. The summed E-state index contributed by atoms with van der Waals surface area (Å²) in [6.07, 6.45) is 2.42. The van der Waals surface area contributed by atoms with Gasteiger partial charge in [0.05, 0.1) is 35.6 Å². The van der Waals surface area contributed by atoms with Crippen molar-refractivity contribution in [2.75, 3.05) is 71.0 Å². The van der Waals surface area contributed by atoms with Crippen molar-refractivity contribution in [2.45, 2.75) is 51.2 Å². The van der Waals surface area contributed by atoms with Crippen LogP contribution in [0.5, 0.6) is 5.75 Å². The van der Waals surface area contributed by atoms with Gasteiger partial charge in [0.25, 0.3) is 11.8 Å². The highest BCUT2D eigenvalue weighted by Crippen LogP contribution is 2.30. The highest BCUT2D eigenvalue weighted by Gasteiger charge is 2.38. The van der Waals surface area contributed by atoms with Crippen LogP contribution in [0.15, 0.2) is 29.3 Å². The molecule has 2 fully saturated rings. The van der Waals surface area contributed by atoms with Gasteiger partial charge in [0.1, 0.15) is 11.4 Å². The third kappa shape index (κ3) is 7.20. The number of carbonyl (C=O) groups is 2. The first-order valence-electron chi connectivity index (χ1n) is 15.0. The average molecular weight is 622 g/mol. The molecular formula is C29H44FN7O5S. The summed E-state index contributed by atoms with van der Waals surface area (Å²) in [5, 5.41) is 6.13. The van der Waals surface area contributed by atoms with Gasteiger partial charge in [-0.25, -0.2) is 8.42 Å². The number of aromatic nitrogens is 1. The normalized spacial score (nSPS) is 18.9. The zero-order valence-electron chi connectivity index (χ0n) is 25.3. The molecule has 1 unspecified atom stereocenters. The lowest BCUT2D eigenvalue weighted by molar-refractivity contribution is 0.0337. The Morgan fingerprint density at radius 3 is 2.51 bits per heavy atom. The van der Waals surface area contributed by atoms with E-state index in [0.29, 0.717) is 57.8 Å². The predicted octanol–water partition coefficient (Wildman–Crippen LogP) is 1.72. The van der Waals surface area contributed by atoms with E-state index in [2.05, 4.69) is 20.4 Å². The van der Waals surface area contributed by atoms with Crippen molar-refractivity contribution in [3.8, 4) is 5.75 Å². The minimum Gasteiger partial charge on any atom is -0.493 e.